The quantitative estimate of drug-likeness (QED) is 0.846. The molecule has 0 aliphatic carbocycles. The summed E-state index contributed by atoms with van der Waals surface area (Å²) in [6.07, 6.45) is 1.17. The molecule has 0 aromatic carbocycles. The van der Waals surface area contributed by atoms with Crippen molar-refractivity contribution in [1.82, 2.24) is 15.0 Å². The molecule has 1 unspecified atom stereocenters. The monoisotopic (exact) mass is 287 g/mol. The minimum atomic E-state index is 0.259. The van der Waals surface area contributed by atoms with Crippen LogP contribution in [0.2, 0.25) is 5.28 Å². The summed E-state index contributed by atoms with van der Waals surface area (Å²) in [5.74, 6) is 2.41. The molecule has 1 aliphatic heterocycles. The lowest BCUT2D eigenvalue weighted by molar-refractivity contribution is 0.706. The van der Waals surface area contributed by atoms with Crippen LogP contribution in [0.3, 0.4) is 0 Å². The number of aromatic nitrogens is 3. The molecule has 0 N–H and O–H groups in total. The molecule has 2 rings (SSSR count). The first-order valence-electron chi connectivity index (χ1n) is 6.05. The highest BCUT2D eigenvalue weighted by Crippen LogP contribution is 2.24. The van der Waals surface area contributed by atoms with Crippen LogP contribution in [0.15, 0.2) is 0 Å². The lowest BCUT2D eigenvalue weighted by Crippen LogP contribution is -2.39. The van der Waals surface area contributed by atoms with Crippen molar-refractivity contribution in [2.24, 2.45) is 0 Å². The third-order valence-electron chi connectivity index (χ3n) is 2.86. The fourth-order valence-electron chi connectivity index (χ4n) is 1.82. The Balaban J connectivity index is 2.21. The topological polar surface area (TPSA) is 45.2 Å². The molecule has 1 aromatic rings. The van der Waals surface area contributed by atoms with Crippen molar-refractivity contribution in [2.45, 2.75) is 18.6 Å². The van der Waals surface area contributed by atoms with E-state index >= 15 is 0 Å². The van der Waals surface area contributed by atoms with Crippen molar-refractivity contribution in [3.8, 4) is 0 Å². The van der Waals surface area contributed by atoms with Gasteiger partial charge in [-0.3, -0.25) is 0 Å². The molecule has 0 spiro atoms. The summed E-state index contributed by atoms with van der Waals surface area (Å²) < 4.78 is 0. The number of rotatable bonds is 3. The van der Waals surface area contributed by atoms with E-state index in [2.05, 4.69) is 26.8 Å². The first kappa shape index (κ1) is 13.7. The third-order valence-corrected chi connectivity index (χ3v) is 4.40. The second kappa shape index (κ2) is 5.93. The van der Waals surface area contributed by atoms with Crippen LogP contribution in [0, 0.1) is 0 Å². The van der Waals surface area contributed by atoms with Crippen LogP contribution in [-0.4, -0.2) is 53.1 Å². The lowest BCUT2D eigenvalue weighted by atomic mass is 10.3. The van der Waals surface area contributed by atoms with Gasteiger partial charge < -0.3 is 9.80 Å². The summed E-state index contributed by atoms with van der Waals surface area (Å²) in [5.41, 5.74) is 0. The van der Waals surface area contributed by atoms with Gasteiger partial charge in [-0.2, -0.15) is 26.7 Å². The van der Waals surface area contributed by atoms with Crippen LogP contribution >= 0.6 is 23.4 Å². The van der Waals surface area contributed by atoms with E-state index in [-0.39, 0.29) is 5.28 Å². The van der Waals surface area contributed by atoms with Gasteiger partial charge in [0.2, 0.25) is 17.2 Å². The third kappa shape index (κ3) is 3.17. The Kier molecular flexibility index (Phi) is 4.50. The van der Waals surface area contributed by atoms with Gasteiger partial charge in [0, 0.05) is 38.2 Å². The summed E-state index contributed by atoms with van der Waals surface area (Å²) >= 11 is 7.98. The average Bonchev–Trinajstić information content (AvgIpc) is 2.38. The predicted octanol–water partition coefficient (Wildman–Crippen LogP) is 1.92. The maximum Gasteiger partial charge on any atom is 0.231 e. The fourth-order valence-corrected chi connectivity index (χ4v) is 3.15. The summed E-state index contributed by atoms with van der Waals surface area (Å²) in [6.45, 7) is 4.16. The van der Waals surface area contributed by atoms with Crippen molar-refractivity contribution in [1.29, 1.82) is 0 Å². The first-order valence-corrected chi connectivity index (χ1v) is 7.48. The molecule has 1 atom stereocenters. The van der Waals surface area contributed by atoms with Gasteiger partial charge in [0.15, 0.2) is 0 Å². The second-order valence-electron chi connectivity index (χ2n) is 4.45. The smallest absolute Gasteiger partial charge is 0.231 e. The number of hydrogen-bond acceptors (Lipinski definition) is 6. The van der Waals surface area contributed by atoms with Gasteiger partial charge in [0.25, 0.3) is 0 Å². The maximum atomic E-state index is 5.96. The van der Waals surface area contributed by atoms with E-state index in [0.717, 1.165) is 18.8 Å². The molecule has 0 saturated carbocycles. The number of thioether (sulfide) groups is 1. The highest BCUT2D eigenvalue weighted by molar-refractivity contribution is 8.00. The zero-order chi connectivity index (χ0) is 13.1. The van der Waals surface area contributed by atoms with E-state index in [4.69, 9.17) is 11.6 Å². The summed E-state index contributed by atoms with van der Waals surface area (Å²) in [6, 6.07) is 0. The fraction of sp³-hybridized carbons (Fsp3) is 0.727. The van der Waals surface area contributed by atoms with Gasteiger partial charge in [0.05, 0.1) is 0 Å². The van der Waals surface area contributed by atoms with E-state index in [1.54, 1.807) is 0 Å². The Morgan fingerprint density at radius 2 is 2.17 bits per heavy atom. The Morgan fingerprint density at radius 3 is 2.83 bits per heavy atom. The van der Waals surface area contributed by atoms with E-state index < -0.39 is 0 Å². The predicted molar refractivity (Wildman–Crippen MR) is 77.9 cm³/mol. The van der Waals surface area contributed by atoms with Crippen LogP contribution in [0.1, 0.15) is 13.3 Å². The Bertz CT molecular complexity index is 414. The van der Waals surface area contributed by atoms with Gasteiger partial charge in [-0.05, 0) is 18.0 Å². The average molecular weight is 288 g/mol. The molecular weight excluding hydrogens is 270 g/mol. The van der Waals surface area contributed by atoms with E-state index in [1.165, 1.54) is 6.42 Å². The Labute approximate surface area is 117 Å². The number of nitrogens with zero attached hydrogens (tertiary/aromatic N) is 5. The van der Waals surface area contributed by atoms with Gasteiger partial charge in [-0.25, -0.2) is 0 Å². The van der Waals surface area contributed by atoms with Gasteiger partial charge in [-0.15, -0.1) is 0 Å². The van der Waals surface area contributed by atoms with E-state index in [1.807, 2.05) is 30.8 Å². The van der Waals surface area contributed by atoms with E-state index in [9.17, 15) is 0 Å². The minimum Gasteiger partial charge on any atom is -0.347 e. The van der Waals surface area contributed by atoms with Crippen LogP contribution in [0.4, 0.5) is 11.9 Å². The molecule has 0 bridgehead atoms. The van der Waals surface area contributed by atoms with Gasteiger partial charge in [-0.1, -0.05) is 6.92 Å². The maximum absolute atomic E-state index is 5.96. The molecule has 5 nitrogen and oxygen atoms in total. The molecule has 7 heteroatoms. The zero-order valence-corrected chi connectivity index (χ0v) is 12.5. The highest BCUT2D eigenvalue weighted by Gasteiger charge is 2.22. The van der Waals surface area contributed by atoms with Crippen molar-refractivity contribution in [3.05, 3.63) is 5.28 Å². The molecule has 18 heavy (non-hydrogen) atoms. The molecule has 100 valence electrons. The van der Waals surface area contributed by atoms with Crippen molar-refractivity contribution in [3.63, 3.8) is 0 Å². The molecule has 1 fully saturated rings. The Morgan fingerprint density at radius 1 is 1.39 bits per heavy atom. The van der Waals surface area contributed by atoms with Crippen molar-refractivity contribution >= 4 is 35.3 Å². The number of halogens is 1. The molecule has 0 radical (unpaired) electrons. The van der Waals surface area contributed by atoms with Gasteiger partial charge in [0.1, 0.15) is 0 Å². The molecule has 2 heterocycles. The van der Waals surface area contributed by atoms with Crippen molar-refractivity contribution < 1.29 is 0 Å². The standard InChI is InChI=1S/C11H18ClN5S/c1-4-8-7-17(5-6-18-8)11-14-9(12)13-10(15-11)16(2)3/h8H,4-7H2,1-3H3. The molecule has 1 aliphatic rings. The molecule has 1 aromatic heterocycles. The minimum absolute atomic E-state index is 0.259. The number of hydrogen-bond donors (Lipinski definition) is 0. The van der Waals surface area contributed by atoms with Gasteiger partial charge >= 0.3 is 0 Å². The molecular formula is C11H18ClN5S. The summed E-state index contributed by atoms with van der Waals surface area (Å²) in [7, 11) is 3.80. The van der Waals surface area contributed by atoms with Crippen molar-refractivity contribution in [2.75, 3.05) is 42.7 Å². The Hall–Kier alpha value is -0.750. The largest absolute Gasteiger partial charge is 0.347 e. The normalized spacial score (nSPS) is 20.0. The second-order valence-corrected chi connectivity index (χ2v) is 6.19. The first-order chi connectivity index (χ1) is 8.60. The van der Waals surface area contributed by atoms with E-state index in [0.29, 0.717) is 17.1 Å². The van der Waals surface area contributed by atoms with Crippen LogP contribution < -0.4 is 9.80 Å². The SMILES string of the molecule is CCC1CN(c2nc(Cl)nc(N(C)C)n2)CCS1. The zero-order valence-electron chi connectivity index (χ0n) is 10.9. The highest BCUT2D eigenvalue weighted by atomic mass is 35.5. The molecule has 0 amide bonds. The number of anilines is 2. The van der Waals surface area contributed by atoms with Crippen LogP contribution in [0.5, 0.6) is 0 Å². The molecule has 1 saturated heterocycles. The summed E-state index contributed by atoms with van der Waals surface area (Å²) in [5, 5.41) is 0.909. The summed E-state index contributed by atoms with van der Waals surface area (Å²) in [4.78, 5) is 16.8. The lowest BCUT2D eigenvalue weighted by Gasteiger charge is -2.32. The van der Waals surface area contributed by atoms with Crippen LogP contribution in [-0.2, 0) is 0 Å². The van der Waals surface area contributed by atoms with Crippen LogP contribution in [0.25, 0.3) is 0 Å².